The van der Waals surface area contributed by atoms with Crippen LogP contribution in [0.25, 0.3) is 0 Å². The van der Waals surface area contributed by atoms with E-state index in [0.717, 1.165) is 49.8 Å². The lowest BCUT2D eigenvalue weighted by molar-refractivity contribution is 0.0600. The Morgan fingerprint density at radius 2 is 1.88 bits per heavy atom. The number of esters is 1. The first-order chi connectivity index (χ1) is 16.4. The highest BCUT2D eigenvalue weighted by atomic mass is 16.5. The molecule has 0 unspecified atom stereocenters. The summed E-state index contributed by atoms with van der Waals surface area (Å²) in [5.74, 6) is 0.247. The van der Waals surface area contributed by atoms with Crippen LogP contribution in [-0.4, -0.2) is 47.8 Å². The van der Waals surface area contributed by atoms with Crippen molar-refractivity contribution in [3.63, 3.8) is 0 Å². The van der Waals surface area contributed by atoms with Crippen molar-refractivity contribution in [2.45, 2.75) is 71.4 Å². The second kappa shape index (κ2) is 12.2. The van der Waals surface area contributed by atoms with Crippen LogP contribution in [0.2, 0.25) is 0 Å². The Balaban J connectivity index is 1.81. The maximum atomic E-state index is 12.5. The van der Waals surface area contributed by atoms with Crippen molar-refractivity contribution in [2.75, 3.05) is 24.4 Å². The van der Waals surface area contributed by atoms with Crippen molar-refractivity contribution in [1.82, 2.24) is 15.3 Å². The zero-order valence-electron chi connectivity index (χ0n) is 20.4. The molecule has 1 fully saturated rings. The first-order valence-corrected chi connectivity index (χ1v) is 11.9. The summed E-state index contributed by atoms with van der Waals surface area (Å²) in [6, 6.07) is 7.65. The number of ether oxygens (including phenoxy) is 2. The van der Waals surface area contributed by atoms with Crippen LogP contribution in [0.1, 0.15) is 67.1 Å². The normalized spacial score (nSPS) is 17.5. The largest absolute Gasteiger partial charge is 0.465 e. The van der Waals surface area contributed by atoms with E-state index >= 15 is 0 Å². The number of carbonyl (C=O) groups is 2. The lowest BCUT2D eigenvalue weighted by Gasteiger charge is -2.32. The summed E-state index contributed by atoms with van der Waals surface area (Å²) < 4.78 is 10.3. The number of unbranched alkanes of at least 4 members (excludes halogenated alkanes) is 1. The molecule has 0 saturated heterocycles. The Labute approximate surface area is 201 Å². The number of carbonyl (C=O) groups excluding carboxylic acids is 2. The van der Waals surface area contributed by atoms with Crippen molar-refractivity contribution in [3.8, 4) is 0 Å². The number of rotatable bonds is 9. The molecule has 3 N–H and O–H groups in total. The van der Waals surface area contributed by atoms with Crippen LogP contribution < -0.4 is 16.0 Å². The third kappa shape index (κ3) is 6.82. The van der Waals surface area contributed by atoms with Crippen LogP contribution >= 0.6 is 0 Å². The number of alkyl carbamates (subject to hydrolysis) is 1. The molecule has 34 heavy (non-hydrogen) atoms. The van der Waals surface area contributed by atoms with Gasteiger partial charge in [0, 0.05) is 11.7 Å². The average Bonchev–Trinajstić information content (AvgIpc) is 2.80. The Bertz CT molecular complexity index is 997. The molecule has 1 heterocycles. The van der Waals surface area contributed by atoms with Gasteiger partial charge in [-0.3, -0.25) is 0 Å². The van der Waals surface area contributed by atoms with E-state index in [4.69, 9.17) is 9.47 Å². The van der Waals surface area contributed by atoms with E-state index in [0.29, 0.717) is 24.1 Å². The number of nitrogens with one attached hydrogen (secondary N) is 3. The molecule has 0 bridgehead atoms. The van der Waals surface area contributed by atoms with E-state index in [9.17, 15) is 9.59 Å². The predicted octanol–water partition coefficient (Wildman–Crippen LogP) is 4.87. The fourth-order valence-corrected chi connectivity index (χ4v) is 4.08. The van der Waals surface area contributed by atoms with Gasteiger partial charge in [-0.15, -0.1) is 0 Å². The number of amides is 1. The number of hydrogen-bond acceptors (Lipinski definition) is 8. The summed E-state index contributed by atoms with van der Waals surface area (Å²) in [5.41, 5.74) is 2.67. The quantitative estimate of drug-likeness (QED) is 0.352. The lowest BCUT2D eigenvalue weighted by Crippen LogP contribution is -2.49. The highest BCUT2D eigenvalue weighted by Gasteiger charge is 2.28. The fraction of sp³-hybridized carbons (Fsp3) is 0.520. The topological polar surface area (TPSA) is 114 Å². The number of aromatic nitrogens is 2. The van der Waals surface area contributed by atoms with Gasteiger partial charge in [-0.1, -0.05) is 38.3 Å². The maximum absolute atomic E-state index is 12.5. The molecule has 1 saturated carbocycles. The van der Waals surface area contributed by atoms with Gasteiger partial charge in [0.05, 0.1) is 25.5 Å². The van der Waals surface area contributed by atoms with Crippen LogP contribution in [0.3, 0.4) is 0 Å². The van der Waals surface area contributed by atoms with E-state index in [1.54, 1.807) is 6.92 Å². The summed E-state index contributed by atoms with van der Waals surface area (Å²) in [7, 11) is 1.34. The minimum Gasteiger partial charge on any atom is -0.465 e. The van der Waals surface area contributed by atoms with Crippen LogP contribution in [0.4, 0.5) is 22.2 Å². The third-order valence-corrected chi connectivity index (χ3v) is 5.87. The number of anilines is 3. The summed E-state index contributed by atoms with van der Waals surface area (Å²) in [4.78, 5) is 33.8. The Kier molecular flexibility index (Phi) is 9.07. The SMILES string of the molecule is CCCCOC(=O)N[C@H]1CCCC[C@H]1Nc1nc(C)c(C(=O)OC)c(Nc2cccc(C)c2)n1. The van der Waals surface area contributed by atoms with Crippen molar-refractivity contribution in [3.05, 3.63) is 41.1 Å². The summed E-state index contributed by atoms with van der Waals surface area (Å²) in [6.07, 6.45) is 5.18. The summed E-state index contributed by atoms with van der Waals surface area (Å²) >= 11 is 0. The molecular formula is C25H35N5O4. The molecular weight excluding hydrogens is 434 g/mol. The Morgan fingerprint density at radius 3 is 2.59 bits per heavy atom. The maximum Gasteiger partial charge on any atom is 0.407 e. The van der Waals surface area contributed by atoms with Crippen molar-refractivity contribution in [2.24, 2.45) is 0 Å². The summed E-state index contributed by atoms with van der Waals surface area (Å²) in [6.45, 7) is 6.21. The van der Waals surface area contributed by atoms with Crippen LogP contribution in [-0.2, 0) is 9.47 Å². The molecule has 1 aromatic carbocycles. The Hall–Kier alpha value is -3.36. The summed E-state index contributed by atoms with van der Waals surface area (Å²) in [5, 5.41) is 9.61. The van der Waals surface area contributed by atoms with Crippen LogP contribution in [0.5, 0.6) is 0 Å². The van der Waals surface area contributed by atoms with Gasteiger partial charge in [0.2, 0.25) is 5.95 Å². The van der Waals surface area contributed by atoms with Gasteiger partial charge in [0.1, 0.15) is 5.56 Å². The molecule has 0 radical (unpaired) electrons. The molecule has 3 rings (SSSR count). The van der Waals surface area contributed by atoms with E-state index in [1.807, 2.05) is 31.2 Å². The van der Waals surface area contributed by atoms with Gasteiger partial charge in [-0.05, 0) is 50.8 Å². The second-order valence-corrected chi connectivity index (χ2v) is 8.62. The highest BCUT2D eigenvalue weighted by Crippen LogP contribution is 2.26. The van der Waals surface area contributed by atoms with E-state index in [2.05, 4.69) is 32.8 Å². The molecule has 9 heteroatoms. The lowest BCUT2D eigenvalue weighted by atomic mass is 9.90. The minimum atomic E-state index is -0.508. The first kappa shape index (κ1) is 25.3. The molecule has 2 atom stereocenters. The van der Waals surface area contributed by atoms with Gasteiger partial charge in [0.25, 0.3) is 0 Å². The van der Waals surface area contributed by atoms with Crippen molar-refractivity contribution >= 4 is 29.5 Å². The molecule has 0 spiro atoms. The van der Waals surface area contributed by atoms with E-state index in [1.165, 1.54) is 7.11 Å². The number of hydrogen-bond donors (Lipinski definition) is 3. The zero-order chi connectivity index (χ0) is 24.5. The van der Waals surface area contributed by atoms with E-state index in [-0.39, 0.29) is 17.6 Å². The van der Waals surface area contributed by atoms with Crippen LogP contribution in [0.15, 0.2) is 24.3 Å². The smallest absolute Gasteiger partial charge is 0.407 e. The third-order valence-electron chi connectivity index (χ3n) is 5.87. The number of methoxy groups -OCH3 is 1. The van der Waals surface area contributed by atoms with Crippen LogP contribution in [0, 0.1) is 13.8 Å². The van der Waals surface area contributed by atoms with Gasteiger partial charge in [-0.2, -0.15) is 4.98 Å². The van der Waals surface area contributed by atoms with Crippen molar-refractivity contribution in [1.29, 1.82) is 0 Å². The molecule has 1 aliphatic carbocycles. The monoisotopic (exact) mass is 469 g/mol. The molecule has 1 aromatic heterocycles. The highest BCUT2D eigenvalue weighted by molar-refractivity contribution is 5.96. The van der Waals surface area contributed by atoms with Gasteiger partial charge in [-0.25, -0.2) is 14.6 Å². The molecule has 184 valence electrons. The predicted molar refractivity (Wildman–Crippen MR) is 132 cm³/mol. The zero-order valence-corrected chi connectivity index (χ0v) is 20.4. The average molecular weight is 470 g/mol. The molecule has 0 aliphatic heterocycles. The number of aryl methyl sites for hydroxylation is 2. The van der Waals surface area contributed by atoms with E-state index < -0.39 is 12.1 Å². The van der Waals surface area contributed by atoms with Crippen molar-refractivity contribution < 1.29 is 19.1 Å². The first-order valence-electron chi connectivity index (χ1n) is 11.9. The van der Waals surface area contributed by atoms with Gasteiger partial charge in [0.15, 0.2) is 5.82 Å². The molecule has 2 aromatic rings. The van der Waals surface area contributed by atoms with Gasteiger partial charge < -0.3 is 25.4 Å². The molecule has 1 aliphatic rings. The Morgan fingerprint density at radius 1 is 1.12 bits per heavy atom. The standard InChI is InChI=1S/C25H35N5O4/c1-5-6-14-34-25(32)29-20-13-8-7-12-19(20)28-24-26-17(3)21(23(31)33-4)22(30-24)27-18-11-9-10-16(2)15-18/h9-11,15,19-20H,5-8,12-14H2,1-4H3,(H,29,32)(H2,26,27,28,30)/t19-,20+/m1/s1. The molecule has 9 nitrogen and oxygen atoms in total. The van der Waals surface area contributed by atoms with Gasteiger partial charge >= 0.3 is 12.1 Å². The second-order valence-electron chi connectivity index (χ2n) is 8.62. The number of nitrogens with zero attached hydrogens (tertiary/aromatic N) is 2. The number of benzene rings is 1. The molecule has 1 amide bonds. The fourth-order valence-electron chi connectivity index (χ4n) is 4.08. The minimum absolute atomic E-state index is 0.0531.